The monoisotopic (exact) mass is 330 g/mol. The van der Waals surface area contributed by atoms with E-state index in [0.717, 1.165) is 38.4 Å². The molecule has 2 unspecified atom stereocenters. The van der Waals surface area contributed by atoms with Crippen LogP contribution in [0, 0.1) is 0 Å². The van der Waals surface area contributed by atoms with Gasteiger partial charge in [-0.05, 0) is 30.8 Å². The van der Waals surface area contributed by atoms with Gasteiger partial charge in [0, 0.05) is 36.8 Å². The molecule has 1 N–H and O–H groups in total. The van der Waals surface area contributed by atoms with Crippen LogP contribution >= 0.6 is 11.3 Å². The van der Waals surface area contributed by atoms with Gasteiger partial charge < -0.3 is 10.1 Å². The molecule has 5 nitrogen and oxygen atoms in total. The van der Waals surface area contributed by atoms with Crippen LogP contribution in [0.2, 0.25) is 0 Å². The largest absolute Gasteiger partial charge is 0.371 e. The van der Waals surface area contributed by atoms with Gasteiger partial charge in [0.15, 0.2) is 0 Å². The Morgan fingerprint density at radius 2 is 2.43 bits per heavy atom. The highest BCUT2D eigenvalue weighted by Crippen LogP contribution is 2.36. The number of rotatable bonds is 4. The van der Waals surface area contributed by atoms with Crippen molar-refractivity contribution in [1.29, 1.82) is 0 Å². The number of piperidine rings is 1. The molecule has 0 amide bonds. The molecule has 4 heterocycles. The minimum Gasteiger partial charge on any atom is -0.371 e. The first-order chi connectivity index (χ1) is 11.3. The SMILES string of the molecule is c1csc(CN2CCCC3(CC(Nc4cnccn4)CO3)C2)c1. The second-order valence-corrected chi connectivity index (χ2v) is 7.56. The van der Waals surface area contributed by atoms with Crippen LogP contribution in [0.3, 0.4) is 0 Å². The zero-order chi connectivity index (χ0) is 15.5. The van der Waals surface area contributed by atoms with Crippen molar-refractivity contribution in [2.75, 3.05) is 25.0 Å². The third kappa shape index (κ3) is 3.54. The summed E-state index contributed by atoms with van der Waals surface area (Å²) in [4.78, 5) is 12.4. The van der Waals surface area contributed by atoms with Crippen molar-refractivity contribution in [3.05, 3.63) is 41.0 Å². The van der Waals surface area contributed by atoms with Crippen LogP contribution in [0.15, 0.2) is 36.1 Å². The summed E-state index contributed by atoms with van der Waals surface area (Å²) in [5.41, 5.74) is 0.00931. The number of ether oxygens (including phenoxy) is 1. The molecule has 2 aliphatic heterocycles. The van der Waals surface area contributed by atoms with Crippen LogP contribution < -0.4 is 5.32 Å². The smallest absolute Gasteiger partial charge is 0.144 e. The first-order valence-corrected chi connectivity index (χ1v) is 9.11. The zero-order valence-corrected chi connectivity index (χ0v) is 14.0. The maximum absolute atomic E-state index is 6.27. The molecule has 4 rings (SSSR count). The summed E-state index contributed by atoms with van der Waals surface area (Å²) in [6, 6.07) is 4.68. The summed E-state index contributed by atoms with van der Waals surface area (Å²) in [6.07, 6.45) is 8.61. The molecule has 122 valence electrons. The number of hydrogen-bond acceptors (Lipinski definition) is 6. The Kier molecular flexibility index (Phi) is 4.29. The predicted molar refractivity (Wildman–Crippen MR) is 91.6 cm³/mol. The number of hydrogen-bond donors (Lipinski definition) is 1. The molecule has 2 saturated heterocycles. The van der Waals surface area contributed by atoms with E-state index in [0.29, 0.717) is 6.04 Å². The summed E-state index contributed by atoms with van der Waals surface area (Å²) in [5, 5.41) is 5.61. The first kappa shape index (κ1) is 15.1. The van der Waals surface area contributed by atoms with E-state index in [9.17, 15) is 0 Å². The summed E-state index contributed by atoms with van der Waals surface area (Å²) >= 11 is 1.84. The van der Waals surface area contributed by atoms with Gasteiger partial charge >= 0.3 is 0 Å². The van der Waals surface area contributed by atoms with Gasteiger partial charge in [-0.15, -0.1) is 11.3 Å². The van der Waals surface area contributed by atoms with Crippen molar-refractivity contribution < 1.29 is 4.74 Å². The highest BCUT2D eigenvalue weighted by atomic mass is 32.1. The average Bonchev–Trinajstić information content (AvgIpc) is 3.19. The molecule has 6 heteroatoms. The van der Waals surface area contributed by atoms with E-state index in [4.69, 9.17) is 4.74 Å². The lowest BCUT2D eigenvalue weighted by Crippen LogP contribution is -2.47. The van der Waals surface area contributed by atoms with Crippen LogP contribution in [-0.2, 0) is 11.3 Å². The Morgan fingerprint density at radius 1 is 1.43 bits per heavy atom. The molecule has 0 aromatic carbocycles. The third-order valence-electron chi connectivity index (χ3n) is 4.70. The molecule has 2 aliphatic rings. The van der Waals surface area contributed by atoms with Crippen molar-refractivity contribution in [1.82, 2.24) is 14.9 Å². The lowest BCUT2D eigenvalue weighted by atomic mass is 9.88. The first-order valence-electron chi connectivity index (χ1n) is 8.23. The van der Waals surface area contributed by atoms with Crippen LogP contribution in [0.1, 0.15) is 24.1 Å². The van der Waals surface area contributed by atoms with Crippen LogP contribution in [0.25, 0.3) is 0 Å². The van der Waals surface area contributed by atoms with E-state index in [1.807, 2.05) is 11.3 Å². The second kappa shape index (κ2) is 6.55. The molecular weight excluding hydrogens is 308 g/mol. The Hall–Kier alpha value is -1.50. The minimum absolute atomic E-state index is 0.00931. The predicted octanol–water partition coefficient (Wildman–Crippen LogP) is 2.77. The van der Waals surface area contributed by atoms with Gasteiger partial charge in [-0.25, -0.2) is 4.98 Å². The molecule has 2 aromatic rings. The Labute approximate surface area is 140 Å². The summed E-state index contributed by atoms with van der Waals surface area (Å²) in [7, 11) is 0. The van der Waals surface area contributed by atoms with Gasteiger partial charge in [0.1, 0.15) is 5.82 Å². The van der Waals surface area contributed by atoms with Crippen molar-refractivity contribution >= 4 is 17.2 Å². The topological polar surface area (TPSA) is 50.3 Å². The Morgan fingerprint density at radius 3 is 3.26 bits per heavy atom. The number of nitrogens with one attached hydrogen (secondary N) is 1. The van der Waals surface area contributed by atoms with E-state index in [-0.39, 0.29) is 5.60 Å². The fourth-order valence-electron chi connectivity index (χ4n) is 3.75. The summed E-state index contributed by atoms with van der Waals surface area (Å²) in [6.45, 7) is 4.00. The zero-order valence-electron chi connectivity index (χ0n) is 13.1. The van der Waals surface area contributed by atoms with Crippen LogP contribution in [-0.4, -0.2) is 46.2 Å². The van der Waals surface area contributed by atoms with Gasteiger partial charge in [-0.3, -0.25) is 9.88 Å². The lowest BCUT2D eigenvalue weighted by molar-refractivity contribution is -0.0531. The quantitative estimate of drug-likeness (QED) is 0.934. The van der Waals surface area contributed by atoms with E-state index in [1.54, 1.807) is 18.6 Å². The summed E-state index contributed by atoms with van der Waals surface area (Å²) in [5.74, 6) is 0.837. The molecule has 0 bridgehead atoms. The molecular formula is C17H22N4OS. The molecule has 0 aliphatic carbocycles. The number of likely N-dealkylation sites (tertiary alicyclic amines) is 1. The standard InChI is InChI=1S/C17H22N4OS/c1-3-15(23-8-1)11-21-7-2-4-17(13-21)9-14(12-22-17)20-16-10-18-5-6-19-16/h1,3,5-6,8,10,14H,2,4,7,9,11-13H2,(H,19,20). The molecule has 1 spiro atoms. The van der Waals surface area contributed by atoms with Crippen molar-refractivity contribution in [3.63, 3.8) is 0 Å². The van der Waals surface area contributed by atoms with Crippen LogP contribution in [0.5, 0.6) is 0 Å². The number of anilines is 1. The molecule has 2 fully saturated rings. The number of thiophene rings is 1. The second-order valence-electron chi connectivity index (χ2n) is 6.52. The van der Waals surface area contributed by atoms with E-state index < -0.39 is 0 Å². The molecule has 23 heavy (non-hydrogen) atoms. The normalized spacial score (nSPS) is 28.3. The maximum Gasteiger partial charge on any atom is 0.144 e. The van der Waals surface area contributed by atoms with E-state index in [1.165, 1.54) is 17.8 Å². The van der Waals surface area contributed by atoms with E-state index in [2.05, 4.69) is 37.7 Å². The van der Waals surface area contributed by atoms with Gasteiger partial charge in [-0.1, -0.05) is 6.07 Å². The van der Waals surface area contributed by atoms with E-state index >= 15 is 0 Å². The fourth-order valence-corrected chi connectivity index (χ4v) is 4.50. The lowest BCUT2D eigenvalue weighted by Gasteiger charge is -2.39. The highest BCUT2D eigenvalue weighted by Gasteiger charge is 2.43. The van der Waals surface area contributed by atoms with Gasteiger partial charge in [-0.2, -0.15) is 0 Å². The van der Waals surface area contributed by atoms with Crippen molar-refractivity contribution in [2.45, 2.75) is 37.5 Å². The third-order valence-corrected chi connectivity index (χ3v) is 5.56. The maximum atomic E-state index is 6.27. The molecule has 0 radical (unpaired) electrons. The molecule has 2 atom stereocenters. The van der Waals surface area contributed by atoms with Crippen molar-refractivity contribution in [2.24, 2.45) is 0 Å². The van der Waals surface area contributed by atoms with Gasteiger partial charge in [0.05, 0.1) is 24.4 Å². The average molecular weight is 330 g/mol. The van der Waals surface area contributed by atoms with Gasteiger partial charge in [0.25, 0.3) is 0 Å². The Balaban J connectivity index is 1.37. The molecule has 0 saturated carbocycles. The number of nitrogens with zero attached hydrogens (tertiary/aromatic N) is 3. The summed E-state index contributed by atoms with van der Waals surface area (Å²) < 4.78 is 6.27. The van der Waals surface area contributed by atoms with Crippen molar-refractivity contribution in [3.8, 4) is 0 Å². The highest BCUT2D eigenvalue weighted by molar-refractivity contribution is 7.09. The number of aromatic nitrogens is 2. The minimum atomic E-state index is 0.00931. The van der Waals surface area contributed by atoms with Gasteiger partial charge in [0.2, 0.25) is 0 Å². The van der Waals surface area contributed by atoms with Crippen LogP contribution in [0.4, 0.5) is 5.82 Å². The Bertz CT molecular complexity index is 621. The fraction of sp³-hybridized carbons (Fsp3) is 0.529. The molecule has 2 aromatic heterocycles.